The molecule has 13 heavy (non-hydrogen) atoms. The Labute approximate surface area is 80.9 Å². The van der Waals surface area contributed by atoms with E-state index in [9.17, 15) is 4.79 Å². The van der Waals surface area contributed by atoms with E-state index >= 15 is 0 Å². The van der Waals surface area contributed by atoms with Gasteiger partial charge in [-0.25, -0.2) is 0 Å². The summed E-state index contributed by atoms with van der Waals surface area (Å²) in [6, 6.07) is 0. The number of carbonyl (C=O) groups excluding carboxylic acids is 1. The molecule has 1 nitrogen and oxygen atoms in total. The number of carbonyl (C=O) groups is 1. The highest BCUT2D eigenvalue weighted by Gasteiger charge is 2.44. The van der Waals surface area contributed by atoms with Crippen molar-refractivity contribution >= 4 is 6.29 Å². The van der Waals surface area contributed by atoms with Crippen molar-refractivity contribution in [2.45, 2.75) is 46.0 Å². The lowest BCUT2D eigenvalue weighted by Gasteiger charge is -2.34. The highest BCUT2D eigenvalue weighted by Crippen LogP contribution is 2.51. The molecule has 0 aromatic carbocycles. The van der Waals surface area contributed by atoms with Crippen LogP contribution in [0.1, 0.15) is 46.0 Å². The molecule has 2 atom stereocenters. The lowest BCUT2D eigenvalue weighted by atomic mass is 9.71. The van der Waals surface area contributed by atoms with E-state index in [0.717, 1.165) is 11.8 Å². The molecule has 0 heterocycles. The van der Waals surface area contributed by atoms with Crippen LogP contribution >= 0.6 is 0 Å². The van der Waals surface area contributed by atoms with Crippen molar-refractivity contribution in [2.75, 3.05) is 0 Å². The van der Waals surface area contributed by atoms with Crippen LogP contribution in [-0.4, -0.2) is 6.29 Å². The molecular formula is C12H20O. The summed E-state index contributed by atoms with van der Waals surface area (Å²) in [5.41, 5.74) is 0.571. The van der Waals surface area contributed by atoms with Gasteiger partial charge in [-0.3, -0.25) is 0 Å². The second-order valence-electron chi connectivity index (χ2n) is 5.70. The fourth-order valence-corrected chi connectivity index (χ4v) is 2.78. The molecule has 2 rings (SSSR count). The first-order valence-corrected chi connectivity index (χ1v) is 5.58. The van der Waals surface area contributed by atoms with Gasteiger partial charge in [0, 0.05) is 5.92 Å². The van der Waals surface area contributed by atoms with Crippen LogP contribution in [-0.2, 0) is 4.79 Å². The average molecular weight is 180 g/mol. The van der Waals surface area contributed by atoms with Gasteiger partial charge in [0.2, 0.25) is 0 Å². The first-order chi connectivity index (χ1) is 6.12. The van der Waals surface area contributed by atoms with E-state index in [1.54, 1.807) is 0 Å². The second kappa shape index (κ2) is 3.11. The summed E-state index contributed by atoms with van der Waals surface area (Å²) in [6.07, 6.45) is 7.81. The molecule has 0 amide bonds. The van der Waals surface area contributed by atoms with Gasteiger partial charge >= 0.3 is 0 Å². The molecule has 2 saturated carbocycles. The SMILES string of the molecule is CC1(C)CCC([C@@H]2C[C@H]2C=O)CC1. The van der Waals surface area contributed by atoms with Gasteiger partial charge in [-0.15, -0.1) is 0 Å². The van der Waals surface area contributed by atoms with Crippen molar-refractivity contribution in [3.8, 4) is 0 Å². The third-order valence-corrected chi connectivity index (χ3v) is 4.06. The van der Waals surface area contributed by atoms with Crippen molar-refractivity contribution in [3.63, 3.8) is 0 Å². The van der Waals surface area contributed by atoms with Gasteiger partial charge in [-0.1, -0.05) is 13.8 Å². The Balaban J connectivity index is 1.82. The molecule has 0 unspecified atom stereocenters. The van der Waals surface area contributed by atoms with Crippen molar-refractivity contribution in [2.24, 2.45) is 23.2 Å². The van der Waals surface area contributed by atoms with Crippen molar-refractivity contribution < 1.29 is 4.79 Å². The van der Waals surface area contributed by atoms with Crippen LogP contribution in [0.3, 0.4) is 0 Å². The second-order valence-corrected chi connectivity index (χ2v) is 5.70. The molecular weight excluding hydrogens is 160 g/mol. The van der Waals surface area contributed by atoms with Gasteiger partial charge in [0.05, 0.1) is 0 Å². The van der Waals surface area contributed by atoms with Gasteiger partial charge in [-0.05, 0) is 49.4 Å². The minimum atomic E-state index is 0.436. The molecule has 0 spiro atoms. The minimum Gasteiger partial charge on any atom is -0.303 e. The van der Waals surface area contributed by atoms with Crippen molar-refractivity contribution in [1.82, 2.24) is 0 Å². The molecule has 2 fully saturated rings. The lowest BCUT2D eigenvalue weighted by molar-refractivity contribution is -0.109. The van der Waals surface area contributed by atoms with E-state index in [1.807, 2.05) is 0 Å². The van der Waals surface area contributed by atoms with Gasteiger partial charge in [0.25, 0.3) is 0 Å². The fraction of sp³-hybridized carbons (Fsp3) is 0.917. The van der Waals surface area contributed by atoms with Gasteiger partial charge in [-0.2, -0.15) is 0 Å². The third kappa shape index (κ3) is 1.95. The summed E-state index contributed by atoms with van der Waals surface area (Å²) in [7, 11) is 0. The largest absolute Gasteiger partial charge is 0.303 e. The molecule has 0 radical (unpaired) electrons. The number of aldehydes is 1. The Morgan fingerprint density at radius 1 is 1.23 bits per heavy atom. The molecule has 0 aromatic heterocycles. The van der Waals surface area contributed by atoms with E-state index in [2.05, 4.69) is 13.8 Å². The zero-order valence-electron chi connectivity index (χ0n) is 8.75. The Morgan fingerprint density at radius 3 is 2.31 bits per heavy atom. The molecule has 2 aliphatic rings. The summed E-state index contributed by atoms with van der Waals surface area (Å²) in [4.78, 5) is 10.5. The first-order valence-electron chi connectivity index (χ1n) is 5.58. The van der Waals surface area contributed by atoms with Crippen LogP contribution in [0.15, 0.2) is 0 Å². The monoisotopic (exact) mass is 180 g/mol. The predicted molar refractivity (Wildman–Crippen MR) is 53.4 cm³/mol. The number of hydrogen-bond donors (Lipinski definition) is 0. The molecule has 1 heteroatoms. The van der Waals surface area contributed by atoms with Gasteiger partial charge < -0.3 is 4.79 Å². The fourth-order valence-electron chi connectivity index (χ4n) is 2.78. The van der Waals surface area contributed by atoms with E-state index in [4.69, 9.17) is 0 Å². The molecule has 0 saturated heterocycles. The van der Waals surface area contributed by atoms with Crippen LogP contribution < -0.4 is 0 Å². The average Bonchev–Trinajstić information content (AvgIpc) is 2.83. The molecule has 0 N–H and O–H groups in total. The highest BCUT2D eigenvalue weighted by molar-refractivity contribution is 5.58. The molecule has 0 aromatic rings. The summed E-state index contributed by atoms with van der Waals surface area (Å²) < 4.78 is 0. The van der Waals surface area contributed by atoms with E-state index in [1.165, 1.54) is 38.4 Å². The van der Waals surface area contributed by atoms with Gasteiger partial charge in [0.15, 0.2) is 0 Å². The normalized spacial score (nSPS) is 38.6. The minimum absolute atomic E-state index is 0.436. The Hall–Kier alpha value is -0.330. The standard InChI is InChI=1S/C12H20O/c1-12(2)5-3-9(4-6-12)11-7-10(11)8-13/h8-11H,3-7H2,1-2H3/t10-,11-/m0/s1. The van der Waals surface area contributed by atoms with E-state index in [-0.39, 0.29) is 0 Å². The summed E-state index contributed by atoms with van der Waals surface area (Å²) in [5.74, 6) is 2.09. The van der Waals surface area contributed by atoms with Crippen molar-refractivity contribution in [3.05, 3.63) is 0 Å². The molecule has 0 bridgehead atoms. The Bertz CT molecular complexity index is 197. The highest BCUT2D eigenvalue weighted by atomic mass is 16.1. The smallest absolute Gasteiger partial charge is 0.123 e. The first kappa shape index (κ1) is 9.23. The zero-order chi connectivity index (χ0) is 9.47. The predicted octanol–water partition coefficient (Wildman–Crippen LogP) is 3.04. The van der Waals surface area contributed by atoms with Crippen LogP contribution in [0.4, 0.5) is 0 Å². The maximum absolute atomic E-state index is 10.5. The van der Waals surface area contributed by atoms with Crippen LogP contribution in [0.5, 0.6) is 0 Å². The van der Waals surface area contributed by atoms with Crippen LogP contribution in [0.2, 0.25) is 0 Å². The topological polar surface area (TPSA) is 17.1 Å². The third-order valence-electron chi connectivity index (χ3n) is 4.06. The quantitative estimate of drug-likeness (QED) is 0.597. The zero-order valence-corrected chi connectivity index (χ0v) is 8.75. The summed E-state index contributed by atoms with van der Waals surface area (Å²) in [6.45, 7) is 4.74. The van der Waals surface area contributed by atoms with E-state index in [0.29, 0.717) is 11.3 Å². The van der Waals surface area contributed by atoms with E-state index < -0.39 is 0 Å². The molecule has 74 valence electrons. The lowest BCUT2D eigenvalue weighted by Crippen LogP contribution is -2.22. The molecule has 2 aliphatic carbocycles. The van der Waals surface area contributed by atoms with Crippen molar-refractivity contribution in [1.29, 1.82) is 0 Å². The number of hydrogen-bond acceptors (Lipinski definition) is 1. The maximum atomic E-state index is 10.5. The van der Waals surface area contributed by atoms with Crippen LogP contribution in [0.25, 0.3) is 0 Å². The summed E-state index contributed by atoms with van der Waals surface area (Å²) >= 11 is 0. The maximum Gasteiger partial charge on any atom is 0.123 e. The Kier molecular flexibility index (Phi) is 2.21. The van der Waals surface area contributed by atoms with Gasteiger partial charge in [0.1, 0.15) is 6.29 Å². The number of rotatable bonds is 2. The molecule has 0 aliphatic heterocycles. The Morgan fingerprint density at radius 2 is 1.85 bits per heavy atom. The summed E-state index contributed by atoms with van der Waals surface area (Å²) in [5, 5.41) is 0. The van der Waals surface area contributed by atoms with Crippen LogP contribution in [0, 0.1) is 23.2 Å².